The molecule has 0 fully saturated rings. The number of thioether (sulfide) groups is 1. The molecule has 0 radical (unpaired) electrons. The van der Waals surface area contributed by atoms with Crippen molar-refractivity contribution >= 4 is 29.0 Å². The van der Waals surface area contributed by atoms with Gasteiger partial charge in [0.2, 0.25) is 5.91 Å². The van der Waals surface area contributed by atoms with E-state index in [0.29, 0.717) is 16.9 Å². The number of fused-ring (bicyclic) bond motifs is 1. The van der Waals surface area contributed by atoms with Crippen LogP contribution in [0.1, 0.15) is 50.5 Å². The van der Waals surface area contributed by atoms with Crippen LogP contribution in [0.25, 0.3) is 10.8 Å². The van der Waals surface area contributed by atoms with E-state index in [4.69, 9.17) is 4.42 Å². The molecule has 3 rings (SSSR count). The summed E-state index contributed by atoms with van der Waals surface area (Å²) < 4.78 is 5.75. The predicted molar refractivity (Wildman–Crippen MR) is 102 cm³/mol. The van der Waals surface area contributed by atoms with Crippen molar-refractivity contribution in [2.45, 2.75) is 64.1 Å². The lowest BCUT2D eigenvalue weighted by molar-refractivity contribution is -0.119. The lowest BCUT2D eigenvalue weighted by Gasteiger charge is -2.16. The Balaban J connectivity index is 1.58. The molecular weight excluding hydrogens is 354 g/mol. The normalized spacial score (nSPS) is 16.9. The highest BCUT2D eigenvalue weighted by atomic mass is 32.2. The fraction of sp³-hybridized carbons (Fsp3) is 0.611. The van der Waals surface area contributed by atoms with Crippen molar-refractivity contribution in [2.75, 3.05) is 5.75 Å². The Morgan fingerprint density at radius 3 is 3.00 bits per heavy atom. The summed E-state index contributed by atoms with van der Waals surface area (Å²) in [7, 11) is 0. The Morgan fingerprint density at radius 2 is 2.24 bits per heavy atom. The van der Waals surface area contributed by atoms with Gasteiger partial charge in [0.15, 0.2) is 0 Å². The quantitative estimate of drug-likeness (QED) is 0.726. The van der Waals surface area contributed by atoms with Crippen molar-refractivity contribution < 1.29 is 9.21 Å². The van der Waals surface area contributed by atoms with Gasteiger partial charge < -0.3 is 9.73 Å². The minimum absolute atomic E-state index is 0.0130. The van der Waals surface area contributed by atoms with E-state index in [1.807, 2.05) is 0 Å². The minimum Gasteiger partial charge on any atom is -0.410 e. The highest BCUT2D eigenvalue weighted by molar-refractivity contribution is 7.99. The first-order valence-electron chi connectivity index (χ1n) is 8.96. The first-order chi connectivity index (χ1) is 12.1. The van der Waals surface area contributed by atoms with Gasteiger partial charge in [-0.25, -0.2) is 0 Å². The molecule has 0 bridgehead atoms. The molecule has 2 aromatic heterocycles. The molecule has 2 heterocycles. The molecule has 0 saturated carbocycles. The van der Waals surface area contributed by atoms with Gasteiger partial charge in [-0.1, -0.05) is 32.5 Å². The van der Waals surface area contributed by atoms with Gasteiger partial charge in [-0.05, 0) is 49.7 Å². The zero-order chi connectivity index (χ0) is 17.8. The van der Waals surface area contributed by atoms with Crippen molar-refractivity contribution in [3.8, 4) is 10.8 Å². The molecule has 1 N–H and O–H groups in total. The summed E-state index contributed by atoms with van der Waals surface area (Å²) >= 11 is 3.05. The largest absolute Gasteiger partial charge is 0.410 e. The molecule has 0 aliphatic heterocycles. The monoisotopic (exact) mass is 379 g/mol. The molecule has 1 aliphatic carbocycles. The van der Waals surface area contributed by atoms with E-state index in [1.54, 1.807) is 11.3 Å². The van der Waals surface area contributed by atoms with E-state index in [-0.39, 0.29) is 11.9 Å². The molecule has 2 aromatic rings. The number of amides is 1. The van der Waals surface area contributed by atoms with Crippen LogP contribution >= 0.6 is 23.1 Å². The molecule has 0 aromatic carbocycles. The van der Waals surface area contributed by atoms with Crippen LogP contribution in [0.4, 0.5) is 0 Å². The van der Waals surface area contributed by atoms with E-state index in [2.05, 4.69) is 42.4 Å². The molecule has 1 aliphatic rings. The van der Waals surface area contributed by atoms with E-state index < -0.39 is 0 Å². The van der Waals surface area contributed by atoms with Crippen LogP contribution in [0.5, 0.6) is 0 Å². The third-order valence-corrected chi connectivity index (χ3v) is 6.67. The second-order valence-electron chi connectivity index (χ2n) is 6.65. The van der Waals surface area contributed by atoms with E-state index >= 15 is 0 Å². The second kappa shape index (κ2) is 8.36. The molecule has 25 heavy (non-hydrogen) atoms. The first kappa shape index (κ1) is 18.5. The van der Waals surface area contributed by atoms with Crippen molar-refractivity contribution in [3.63, 3.8) is 0 Å². The average molecular weight is 380 g/mol. The Morgan fingerprint density at radius 1 is 1.44 bits per heavy atom. The maximum atomic E-state index is 12.0. The standard InChI is InChI=1S/C18H25N3O2S2/c1-4-13(5-2)19-16(22)10-24-18-21-20-17(23-18)15-9-12-8-11(3)6-7-14(12)25-15/h9,11,13H,4-8,10H2,1-3H3,(H,19,22)/t11-/m1/s1. The van der Waals surface area contributed by atoms with Crippen LogP contribution in [0, 0.1) is 5.92 Å². The summed E-state index contributed by atoms with van der Waals surface area (Å²) in [6.07, 6.45) is 5.42. The highest BCUT2D eigenvalue weighted by Gasteiger charge is 2.21. The fourth-order valence-corrected chi connectivity index (χ4v) is 4.77. The lowest BCUT2D eigenvalue weighted by atomic mass is 9.90. The zero-order valence-electron chi connectivity index (χ0n) is 15.0. The van der Waals surface area contributed by atoms with Crippen molar-refractivity contribution in [2.24, 2.45) is 5.92 Å². The molecule has 0 spiro atoms. The SMILES string of the molecule is CCC(CC)NC(=O)CSc1nnc(-c2cc3c(s2)CC[C@@H](C)C3)o1. The maximum absolute atomic E-state index is 12.0. The molecule has 7 heteroatoms. The smallest absolute Gasteiger partial charge is 0.277 e. The van der Waals surface area contributed by atoms with Gasteiger partial charge in [0.1, 0.15) is 0 Å². The summed E-state index contributed by atoms with van der Waals surface area (Å²) in [6.45, 7) is 6.45. The van der Waals surface area contributed by atoms with Crippen LogP contribution in [0.3, 0.4) is 0 Å². The molecule has 136 valence electrons. The van der Waals surface area contributed by atoms with Crippen LogP contribution < -0.4 is 5.32 Å². The topological polar surface area (TPSA) is 68.0 Å². The predicted octanol–water partition coefficient (Wildman–Crippen LogP) is 4.32. The van der Waals surface area contributed by atoms with Gasteiger partial charge in [0, 0.05) is 10.9 Å². The molecule has 0 unspecified atom stereocenters. The molecule has 0 saturated heterocycles. The summed E-state index contributed by atoms with van der Waals surface area (Å²) in [4.78, 5) is 14.5. The van der Waals surface area contributed by atoms with Crippen LogP contribution in [-0.2, 0) is 17.6 Å². The van der Waals surface area contributed by atoms with Gasteiger partial charge in [-0.2, -0.15) is 0 Å². The van der Waals surface area contributed by atoms with Crippen LogP contribution in [0.2, 0.25) is 0 Å². The van der Waals surface area contributed by atoms with Gasteiger partial charge >= 0.3 is 0 Å². The number of carbonyl (C=O) groups is 1. The highest BCUT2D eigenvalue weighted by Crippen LogP contribution is 2.37. The van der Waals surface area contributed by atoms with Crippen LogP contribution in [-0.4, -0.2) is 27.9 Å². The first-order valence-corrected chi connectivity index (χ1v) is 10.8. The van der Waals surface area contributed by atoms with Crippen molar-refractivity contribution in [1.82, 2.24) is 15.5 Å². The molecule has 1 atom stereocenters. The Bertz CT molecular complexity index is 722. The third kappa shape index (κ3) is 4.64. The number of nitrogens with zero attached hydrogens (tertiary/aromatic N) is 2. The summed E-state index contributed by atoms with van der Waals surface area (Å²) in [5, 5.41) is 11.7. The minimum atomic E-state index is 0.0130. The van der Waals surface area contributed by atoms with E-state index in [9.17, 15) is 4.79 Å². The van der Waals surface area contributed by atoms with E-state index in [0.717, 1.165) is 36.5 Å². The summed E-state index contributed by atoms with van der Waals surface area (Å²) in [5.41, 5.74) is 1.43. The number of nitrogens with one attached hydrogen (secondary N) is 1. The number of hydrogen-bond acceptors (Lipinski definition) is 6. The second-order valence-corrected chi connectivity index (χ2v) is 8.71. The number of aromatic nitrogens is 2. The Labute approximate surface area is 157 Å². The Kier molecular flexibility index (Phi) is 6.17. The maximum Gasteiger partial charge on any atom is 0.277 e. The number of aryl methyl sites for hydroxylation is 1. The van der Waals surface area contributed by atoms with E-state index in [1.165, 1.54) is 28.6 Å². The van der Waals surface area contributed by atoms with Crippen molar-refractivity contribution in [1.29, 1.82) is 0 Å². The lowest BCUT2D eigenvalue weighted by Crippen LogP contribution is -2.34. The van der Waals surface area contributed by atoms with Crippen molar-refractivity contribution in [3.05, 3.63) is 16.5 Å². The average Bonchev–Trinajstić information content (AvgIpc) is 3.23. The summed E-state index contributed by atoms with van der Waals surface area (Å²) in [5.74, 6) is 1.63. The van der Waals surface area contributed by atoms with Gasteiger partial charge in [-0.3, -0.25) is 4.79 Å². The molecule has 1 amide bonds. The van der Waals surface area contributed by atoms with Gasteiger partial charge in [0.05, 0.1) is 10.6 Å². The van der Waals surface area contributed by atoms with Gasteiger partial charge in [0.25, 0.3) is 11.1 Å². The van der Waals surface area contributed by atoms with Gasteiger partial charge in [-0.15, -0.1) is 21.5 Å². The number of hydrogen-bond donors (Lipinski definition) is 1. The summed E-state index contributed by atoms with van der Waals surface area (Å²) in [6, 6.07) is 2.43. The number of rotatable bonds is 7. The molecular formula is C18H25N3O2S2. The fourth-order valence-electron chi connectivity index (χ4n) is 3.07. The number of carbonyl (C=O) groups excluding carboxylic acids is 1. The Hall–Kier alpha value is -1.34. The molecule has 5 nitrogen and oxygen atoms in total. The number of thiophene rings is 1. The zero-order valence-corrected chi connectivity index (χ0v) is 16.6. The third-order valence-electron chi connectivity index (χ3n) is 4.62. The van der Waals surface area contributed by atoms with Crippen LogP contribution in [0.15, 0.2) is 15.7 Å².